The van der Waals surface area contributed by atoms with Gasteiger partial charge in [0.15, 0.2) is 5.82 Å². The van der Waals surface area contributed by atoms with Crippen LogP contribution < -0.4 is 5.73 Å². The Morgan fingerprint density at radius 1 is 1.00 bits per heavy atom. The Morgan fingerprint density at radius 2 is 1.94 bits per heavy atom. The van der Waals surface area contributed by atoms with Crippen molar-refractivity contribution in [2.24, 2.45) is 0 Å². The molecule has 0 spiro atoms. The second-order valence-electron chi connectivity index (χ2n) is 3.38. The van der Waals surface area contributed by atoms with Crippen LogP contribution in [0.4, 0.5) is 5.95 Å². The van der Waals surface area contributed by atoms with Crippen LogP contribution in [0.2, 0.25) is 0 Å². The summed E-state index contributed by atoms with van der Waals surface area (Å²) in [5.41, 5.74) is 6.19. The molecule has 8 heteroatoms. The number of imidazole rings is 1. The van der Waals surface area contributed by atoms with Crippen LogP contribution in [0.25, 0.3) is 17.5 Å². The fourth-order valence-electron chi connectivity index (χ4n) is 1.40. The maximum absolute atomic E-state index is 5.66. The molecule has 0 saturated heterocycles. The van der Waals surface area contributed by atoms with Crippen LogP contribution >= 0.6 is 0 Å². The molecule has 0 atom stereocenters. The van der Waals surface area contributed by atoms with Gasteiger partial charge < -0.3 is 5.73 Å². The lowest BCUT2D eigenvalue weighted by Crippen LogP contribution is -2.07. The topological polar surface area (TPSA) is 108 Å². The Labute approximate surface area is 102 Å². The molecule has 2 N–H and O–H groups in total. The highest BCUT2D eigenvalue weighted by molar-refractivity contribution is 5.49. The molecule has 3 aromatic rings. The molecule has 0 unspecified atom stereocenters. The molecule has 0 aliphatic rings. The van der Waals surface area contributed by atoms with E-state index in [9.17, 15) is 0 Å². The summed E-state index contributed by atoms with van der Waals surface area (Å²) in [6, 6.07) is 0. The smallest absolute Gasteiger partial charge is 0.240 e. The van der Waals surface area contributed by atoms with Crippen molar-refractivity contribution >= 4 is 5.95 Å². The molecule has 0 amide bonds. The molecule has 3 heterocycles. The van der Waals surface area contributed by atoms with Gasteiger partial charge in [-0.25, -0.2) is 9.97 Å². The molecule has 3 aromatic heterocycles. The van der Waals surface area contributed by atoms with Crippen molar-refractivity contribution in [3.63, 3.8) is 0 Å². The Balaban J connectivity index is 2.12. The molecule has 0 aliphatic heterocycles. The summed E-state index contributed by atoms with van der Waals surface area (Å²) in [5, 5.41) is 0. The minimum atomic E-state index is 0.120. The van der Waals surface area contributed by atoms with E-state index in [1.807, 2.05) is 0 Å². The second kappa shape index (κ2) is 4.17. The zero-order chi connectivity index (χ0) is 12.4. The van der Waals surface area contributed by atoms with Gasteiger partial charge in [-0.05, 0) is 0 Å². The number of anilines is 1. The standard InChI is InChI=1S/C10H8N8/c11-9-15-8(7-5-12-1-2-14-7)16-10(17-9)18-4-3-13-6-18/h1-6H,(H2,11,15,16,17). The zero-order valence-corrected chi connectivity index (χ0v) is 9.17. The maximum atomic E-state index is 5.66. The first-order valence-corrected chi connectivity index (χ1v) is 5.09. The lowest BCUT2D eigenvalue weighted by atomic mass is 10.4. The molecule has 88 valence electrons. The molecule has 0 fully saturated rings. The van der Waals surface area contributed by atoms with Crippen molar-refractivity contribution in [3.05, 3.63) is 37.3 Å². The van der Waals surface area contributed by atoms with Crippen molar-refractivity contribution < 1.29 is 0 Å². The van der Waals surface area contributed by atoms with Crippen LogP contribution in [-0.4, -0.2) is 34.5 Å². The van der Waals surface area contributed by atoms with Gasteiger partial charge >= 0.3 is 0 Å². The normalized spacial score (nSPS) is 10.4. The minimum Gasteiger partial charge on any atom is -0.368 e. The number of aromatic nitrogens is 7. The number of nitrogen functional groups attached to an aromatic ring is 1. The van der Waals surface area contributed by atoms with Crippen LogP contribution in [0.3, 0.4) is 0 Å². The zero-order valence-electron chi connectivity index (χ0n) is 9.17. The van der Waals surface area contributed by atoms with E-state index in [0.29, 0.717) is 17.5 Å². The van der Waals surface area contributed by atoms with E-state index in [-0.39, 0.29) is 5.95 Å². The van der Waals surface area contributed by atoms with Gasteiger partial charge in [-0.1, -0.05) is 0 Å². The summed E-state index contributed by atoms with van der Waals surface area (Å²) in [7, 11) is 0. The predicted molar refractivity (Wildman–Crippen MR) is 62.4 cm³/mol. The third kappa shape index (κ3) is 1.86. The van der Waals surface area contributed by atoms with Crippen molar-refractivity contribution in [1.29, 1.82) is 0 Å². The van der Waals surface area contributed by atoms with Crippen molar-refractivity contribution in [1.82, 2.24) is 34.5 Å². The van der Waals surface area contributed by atoms with E-state index >= 15 is 0 Å². The molecule has 8 nitrogen and oxygen atoms in total. The predicted octanol–water partition coefficient (Wildman–Crippen LogP) is 0.0965. The van der Waals surface area contributed by atoms with Gasteiger partial charge in [-0.15, -0.1) is 0 Å². The van der Waals surface area contributed by atoms with Gasteiger partial charge in [0.2, 0.25) is 11.9 Å². The molecule has 0 saturated carbocycles. The lowest BCUT2D eigenvalue weighted by Gasteiger charge is -2.03. The van der Waals surface area contributed by atoms with E-state index in [1.54, 1.807) is 41.9 Å². The first-order valence-electron chi connectivity index (χ1n) is 5.09. The SMILES string of the molecule is Nc1nc(-c2cnccn2)nc(-n2ccnc2)n1. The molecule has 0 aliphatic carbocycles. The highest BCUT2D eigenvalue weighted by Crippen LogP contribution is 2.12. The maximum Gasteiger partial charge on any atom is 0.240 e. The van der Waals surface area contributed by atoms with E-state index in [2.05, 4.69) is 29.9 Å². The summed E-state index contributed by atoms with van der Waals surface area (Å²) < 4.78 is 1.64. The Kier molecular flexibility index (Phi) is 2.38. The second-order valence-corrected chi connectivity index (χ2v) is 3.38. The Bertz CT molecular complexity index is 649. The minimum absolute atomic E-state index is 0.120. The van der Waals surface area contributed by atoms with Gasteiger partial charge in [0, 0.05) is 24.8 Å². The molecule has 18 heavy (non-hydrogen) atoms. The van der Waals surface area contributed by atoms with E-state index in [4.69, 9.17) is 5.73 Å². The van der Waals surface area contributed by atoms with Crippen LogP contribution in [0.1, 0.15) is 0 Å². The fraction of sp³-hybridized carbons (Fsp3) is 0. The van der Waals surface area contributed by atoms with Crippen LogP contribution in [0.15, 0.2) is 37.3 Å². The van der Waals surface area contributed by atoms with Gasteiger partial charge in [0.05, 0.1) is 6.20 Å². The third-order valence-corrected chi connectivity index (χ3v) is 2.17. The quantitative estimate of drug-likeness (QED) is 0.676. The first-order chi connectivity index (χ1) is 8.83. The number of hydrogen-bond acceptors (Lipinski definition) is 7. The average molecular weight is 240 g/mol. The summed E-state index contributed by atoms with van der Waals surface area (Å²) in [6.07, 6.45) is 9.62. The van der Waals surface area contributed by atoms with Crippen LogP contribution in [-0.2, 0) is 0 Å². The number of nitrogens with two attached hydrogens (primary N) is 1. The number of nitrogens with zero attached hydrogens (tertiary/aromatic N) is 7. The van der Waals surface area contributed by atoms with Crippen LogP contribution in [0, 0.1) is 0 Å². The van der Waals surface area contributed by atoms with Gasteiger partial charge in [0.25, 0.3) is 0 Å². The summed E-state index contributed by atoms with van der Waals surface area (Å²) in [4.78, 5) is 24.3. The van der Waals surface area contributed by atoms with Crippen molar-refractivity contribution in [2.45, 2.75) is 0 Å². The first kappa shape index (κ1) is 10.3. The lowest BCUT2D eigenvalue weighted by molar-refractivity contribution is 0.902. The Hall–Kier alpha value is -2.90. The van der Waals surface area contributed by atoms with Crippen LogP contribution in [0.5, 0.6) is 0 Å². The van der Waals surface area contributed by atoms with E-state index < -0.39 is 0 Å². The molecule has 0 radical (unpaired) electrons. The van der Waals surface area contributed by atoms with E-state index in [1.165, 1.54) is 0 Å². The highest BCUT2D eigenvalue weighted by Gasteiger charge is 2.08. The molecule has 0 aromatic carbocycles. The number of hydrogen-bond donors (Lipinski definition) is 1. The number of rotatable bonds is 2. The summed E-state index contributed by atoms with van der Waals surface area (Å²) in [6.45, 7) is 0. The fourth-order valence-corrected chi connectivity index (χ4v) is 1.40. The molecular formula is C10H8N8. The van der Waals surface area contributed by atoms with Gasteiger partial charge in [-0.3, -0.25) is 9.55 Å². The summed E-state index contributed by atoms with van der Waals surface area (Å²) >= 11 is 0. The van der Waals surface area contributed by atoms with Gasteiger partial charge in [0.1, 0.15) is 12.0 Å². The van der Waals surface area contributed by atoms with Crippen molar-refractivity contribution in [2.75, 3.05) is 5.73 Å². The average Bonchev–Trinajstić information content (AvgIpc) is 2.93. The van der Waals surface area contributed by atoms with E-state index in [0.717, 1.165) is 0 Å². The summed E-state index contributed by atoms with van der Waals surface area (Å²) in [5.74, 6) is 0.884. The van der Waals surface area contributed by atoms with Crippen molar-refractivity contribution in [3.8, 4) is 17.5 Å². The highest BCUT2D eigenvalue weighted by atomic mass is 15.2. The largest absolute Gasteiger partial charge is 0.368 e. The van der Waals surface area contributed by atoms with Gasteiger partial charge in [-0.2, -0.15) is 15.0 Å². The molecule has 3 rings (SSSR count). The molecule has 0 bridgehead atoms. The third-order valence-electron chi connectivity index (χ3n) is 2.17. The Morgan fingerprint density at radius 3 is 2.67 bits per heavy atom. The monoisotopic (exact) mass is 240 g/mol. The molecular weight excluding hydrogens is 232 g/mol.